The van der Waals surface area contributed by atoms with Gasteiger partial charge in [-0.3, -0.25) is 0 Å². The number of nitrogens with two attached hydrogens (primary N) is 1. The van der Waals surface area contributed by atoms with Crippen molar-refractivity contribution in [2.75, 3.05) is 37.6 Å². The van der Waals surface area contributed by atoms with Crippen molar-refractivity contribution in [1.29, 1.82) is 0 Å². The monoisotopic (exact) mass is 380 g/mol. The van der Waals surface area contributed by atoms with E-state index < -0.39 is 0 Å². The second-order valence-corrected chi connectivity index (χ2v) is 5.22. The molecule has 0 saturated carbocycles. The fraction of sp³-hybridized carbons (Fsp3) is 0.462. The Morgan fingerprint density at radius 1 is 1.30 bits per heavy atom. The molecule has 3 heterocycles. The van der Waals surface area contributed by atoms with E-state index in [1.807, 2.05) is 6.07 Å². The summed E-state index contributed by atoms with van der Waals surface area (Å²) in [6.45, 7) is 4.15. The summed E-state index contributed by atoms with van der Waals surface area (Å²) in [6, 6.07) is 1.82. The number of hydrogen-bond donors (Lipinski definition) is 2. The molecule has 0 unspecified atom stereocenters. The maximum absolute atomic E-state index is 6.35. The van der Waals surface area contributed by atoms with Crippen LogP contribution in [0.4, 0.5) is 5.82 Å². The molecule has 0 amide bonds. The van der Waals surface area contributed by atoms with E-state index in [4.69, 9.17) is 21.9 Å². The third-order valence-electron chi connectivity index (χ3n) is 3.32. The Labute approximate surface area is 151 Å². The predicted octanol–water partition coefficient (Wildman–Crippen LogP) is 1.54. The van der Waals surface area contributed by atoms with Crippen LogP contribution in [0.25, 0.3) is 11.4 Å². The fourth-order valence-electron chi connectivity index (χ4n) is 2.26. The van der Waals surface area contributed by atoms with Crippen LogP contribution in [0.15, 0.2) is 16.8 Å². The highest BCUT2D eigenvalue weighted by Crippen LogP contribution is 2.27. The maximum atomic E-state index is 6.35. The highest BCUT2D eigenvalue weighted by molar-refractivity contribution is 6.33. The first-order valence-electron chi connectivity index (χ1n) is 6.92. The molecule has 7 nitrogen and oxygen atoms in total. The van der Waals surface area contributed by atoms with Crippen molar-refractivity contribution in [2.24, 2.45) is 5.73 Å². The van der Waals surface area contributed by atoms with E-state index in [0.717, 1.165) is 37.6 Å². The summed E-state index contributed by atoms with van der Waals surface area (Å²) < 4.78 is 5.12. The number of nitrogens with zero attached hydrogens (tertiary/aromatic N) is 4. The summed E-state index contributed by atoms with van der Waals surface area (Å²) >= 11 is 6.35. The van der Waals surface area contributed by atoms with Crippen LogP contribution < -0.4 is 16.0 Å². The van der Waals surface area contributed by atoms with Crippen molar-refractivity contribution >= 4 is 42.2 Å². The van der Waals surface area contributed by atoms with Gasteiger partial charge in [-0.05, 0) is 6.07 Å². The first-order valence-corrected chi connectivity index (χ1v) is 7.30. The minimum absolute atomic E-state index is 0. The van der Waals surface area contributed by atoms with Crippen LogP contribution in [0, 0.1) is 0 Å². The largest absolute Gasteiger partial charge is 0.353 e. The zero-order valence-corrected chi connectivity index (χ0v) is 14.8. The molecule has 0 aliphatic carbocycles. The number of anilines is 1. The molecule has 0 atom stereocenters. The minimum Gasteiger partial charge on any atom is -0.353 e. The lowest BCUT2D eigenvalue weighted by Crippen LogP contribution is -2.44. The fourth-order valence-corrected chi connectivity index (χ4v) is 2.55. The highest BCUT2D eigenvalue weighted by atomic mass is 35.5. The lowest BCUT2D eigenvalue weighted by molar-refractivity contribution is 0.380. The molecule has 1 aliphatic heterocycles. The van der Waals surface area contributed by atoms with Crippen molar-refractivity contribution in [3.8, 4) is 11.4 Å². The number of piperazine rings is 1. The van der Waals surface area contributed by atoms with E-state index in [2.05, 4.69) is 25.3 Å². The van der Waals surface area contributed by atoms with Crippen LogP contribution in [0.5, 0.6) is 0 Å². The Kier molecular flexibility index (Phi) is 8.01. The molecule has 3 rings (SSSR count). The molecule has 1 saturated heterocycles. The molecule has 23 heavy (non-hydrogen) atoms. The average Bonchev–Trinajstić information content (AvgIpc) is 2.97. The van der Waals surface area contributed by atoms with Gasteiger partial charge >= 0.3 is 0 Å². The highest BCUT2D eigenvalue weighted by Gasteiger charge is 2.17. The van der Waals surface area contributed by atoms with E-state index in [1.54, 1.807) is 6.20 Å². The van der Waals surface area contributed by atoms with Crippen LogP contribution in [0.1, 0.15) is 5.89 Å². The van der Waals surface area contributed by atoms with E-state index in [0.29, 0.717) is 29.7 Å². The third kappa shape index (κ3) is 4.68. The molecule has 2 aromatic heterocycles. The van der Waals surface area contributed by atoms with Crippen molar-refractivity contribution in [1.82, 2.24) is 20.4 Å². The maximum Gasteiger partial charge on any atom is 0.228 e. The first-order chi connectivity index (χ1) is 10.3. The number of pyridine rings is 1. The Hall–Kier alpha value is -1.12. The summed E-state index contributed by atoms with van der Waals surface area (Å²) in [4.78, 5) is 10.9. The molecule has 0 aromatic carbocycles. The zero-order valence-electron chi connectivity index (χ0n) is 12.4. The minimum atomic E-state index is 0. The molecule has 3 N–H and O–H groups in total. The van der Waals surface area contributed by atoms with Gasteiger partial charge in [-0.25, -0.2) is 4.98 Å². The standard InChI is InChI=1S/C13H17ClN6O.2ClH/c14-10-7-9(12-18-11(1-2-15)21-19-12)8-17-13(10)20-5-3-16-4-6-20;;/h7-8,16H,1-6,15H2;2*1H. The summed E-state index contributed by atoms with van der Waals surface area (Å²) in [5.74, 6) is 1.81. The zero-order chi connectivity index (χ0) is 14.7. The molecule has 10 heteroatoms. The molecular formula is C13H19Cl3N6O. The van der Waals surface area contributed by atoms with Gasteiger partial charge in [0.15, 0.2) is 0 Å². The number of halogens is 3. The summed E-state index contributed by atoms with van der Waals surface area (Å²) in [5, 5.41) is 7.82. The van der Waals surface area contributed by atoms with Gasteiger partial charge < -0.3 is 20.5 Å². The van der Waals surface area contributed by atoms with Crippen LogP contribution in [-0.4, -0.2) is 47.8 Å². The van der Waals surface area contributed by atoms with Gasteiger partial charge in [0.2, 0.25) is 11.7 Å². The van der Waals surface area contributed by atoms with Gasteiger partial charge in [-0.1, -0.05) is 16.8 Å². The first kappa shape index (κ1) is 19.9. The lowest BCUT2D eigenvalue weighted by atomic mass is 10.2. The topological polar surface area (TPSA) is 93.1 Å². The van der Waals surface area contributed by atoms with Gasteiger partial charge in [0, 0.05) is 50.9 Å². The molecule has 1 aliphatic rings. The van der Waals surface area contributed by atoms with Gasteiger partial charge in [0.1, 0.15) is 5.82 Å². The molecule has 0 bridgehead atoms. The second-order valence-electron chi connectivity index (χ2n) is 4.82. The molecular weight excluding hydrogens is 363 g/mol. The smallest absolute Gasteiger partial charge is 0.228 e. The third-order valence-corrected chi connectivity index (χ3v) is 3.60. The van der Waals surface area contributed by atoms with Crippen molar-refractivity contribution in [2.45, 2.75) is 6.42 Å². The number of nitrogens with one attached hydrogen (secondary N) is 1. The normalized spacial score (nSPS) is 14.1. The number of aromatic nitrogens is 3. The van der Waals surface area contributed by atoms with Crippen LogP contribution >= 0.6 is 36.4 Å². The Bertz CT molecular complexity index is 618. The Balaban J connectivity index is 0.00000132. The van der Waals surface area contributed by atoms with E-state index >= 15 is 0 Å². The van der Waals surface area contributed by atoms with E-state index in [-0.39, 0.29) is 24.8 Å². The molecule has 2 aromatic rings. The Morgan fingerprint density at radius 3 is 2.70 bits per heavy atom. The quantitative estimate of drug-likeness (QED) is 0.829. The van der Waals surface area contributed by atoms with Crippen LogP contribution in [-0.2, 0) is 6.42 Å². The van der Waals surface area contributed by atoms with Gasteiger partial charge in [0.05, 0.1) is 5.02 Å². The van der Waals surface area contributed by atoms with Crippen molar-refractivity contribution in [3.05, 3.63) is 23.2 Å². The molecule has 128 valence electrons. The summed E-state index contributed by atoms with van der Waals surface area (Å²) in [5.41, 5.74) is 6.20. The Morgan fingerprint density at radius 2 is 2.04 bits per heavy atom. The number of hydrogen-bond acceptors (Lipinski definition) is 7. The van der Waals surface area contributed by atoms with Gasteiger partial charge in [0.25, 0.3) is 0 Å². The molecule has 0 radical (unpaired) electrons. The van der Waals surface area contributed by atoms with Crippen molar-refractivity contribution < 1.29 is 4.52 Å². The average molecular weight is 382 g/mol. The molecule has 0 spiro atoms. The van der Waals surface area contributed by atoms with Crippen LogP contribution in [0.3, 0.4) is 0 Å². The van der Waals surface area contributed by atoms with Gasteiger partial charge in [-0.15, -0.1) is 24.8 Å². The molecule has 1 fully saturated rings. The predicted molar refractivity (Wildman–Crippen MR) is 94.9 cm³/mol. The van der Waals surface area contributed by atoms with Crippen LogP contribution in [0.2, 0.25) is 5.02 Å². The SMILES string of the molecule is Cl.Cl.NCCc1nc(-c2cnc(N3CCNCC3)c(Cl)c2)no1. The number of rotatable bonds is 4. The second kappa shape index (κ2) is 9.24. The van der Waals surface area contributed by atoms with E-state index in [9.17, 15) is 0 Å². The lowest BCUT2D eigenvalue weighted by Gasteiger charge is -2.29. The summed E-state index contributed by atoms with van der Waals surface area (Å²) in [7, 11) is 0. The summed E-state index contributed by atoms with van der Waals surface area (Å²) in [6.07, 6.45) is 2.29. The van der Waals surface area contributed by atoms with Crippen molar-refractivity contribution in [3.63, 3.8) is 0 Å². The van der Waals surface area contributed by atoms with E-state index in [1.165, 1.54) is 0 Å². The van der Waals surface area contributed by atoms with Gasteiger partial charge in [-0.2, -0.15) is 4.98 Å².